The lowest BCUT2D eigenvalue weighted by Crippen LogP contribution is -2.15. The van der Waals surface area contributed by atoms with Crippen LogP contribution in [0.5, 0.6) is 0 Å². The normalized spacial score (nSPS) is 11.2. The summed E-state index contributed by atoms with van der Waals surface area (Å²) in [6.45, 7) is 3.46. The van der Waals surface area contributed by atoms with Crippen molar-refractivity contribution in [3.05, 3.63) is 64.2 Å². The van der Waals surface area contributed by atoms with Gasteiger partial charge in [-0.3, -0.25) is 9.52 Å². The van der Waals surface area contributed by atoms with Crippen LogP contribution in [0, 0.1) is 13.8 Å². The minimum absolute atomic E-state index is 0.0812. The van der Waals surface area contributed by atoms with E-state index < -0.39 is 10.0 Å². The number of rotatable bonds is 7. The van der Waals surface area contributed by atoms with Crippen molar-refractivity contribution in [3.63, 3.8) is 0 Å². The van der Waals surface area contributed by atoms with E-state index in [4.69, 9.17) is 0 Å². The average Bonchev–Trinajstić information content (AvgIpc) is 3.13. The summed E-state index contributed by atoms with van der Waals surface area (Å²) in [4.78, 5) is 20.3. The van der Waals surface area contributed by atoms with Crippen LogP contribution in [0.2, 0.25) is 0 Å². The number of aryl methyl sites for hydroxylation is 3. The van der Waals surface area contributed by atoms with E-state index in [1.165, 1.54) is 12.1 Å². The van der Waals surface area contributed by atoms with Crippen LogP contribution >= 0.6 is 11.3 Å². The zero-order valence-corrected chi connectivity index (χ0v) is 17.1. The van der Waals surface area contributed by atoms with Crippen molar-refractivity contribution in [1.82, 2.24) is 9.97 Å². The van der Waals surface area contributed by atoms with Gasteiger partial charge in [-0.25, -0.2) is 18.4 Å². The van der Waals surface area contributed by atoms with Gasteiger partial charge in [-0.1, -0.05) is 0 Å². The number of nitrogens with one attached hydrogen (secondary N) is 2. The van der Waals surface area contributed by atoms with Crippen molar-refractivity contribution in [1.29, 1.82) is 0 Å². The molecule has 28 heavy (non-hydrogen) atoms. The molecule has 1 aromatic carbocycles. The van der Waals surface area contributed by atoms with E-state index in [9.17, 15) is 13.2 Å². The van der Waals surface area contributed by atoms with Gasteiger partial charge in [-0.05, 0) is 66.9 Å². The number of sulfonamides is 1. The summed E-state index contributed by atoms with van der Waals surface area (Å²) in [5, 5.41) is 6.77. The molecule has 2 aromatic heterocycles. The first-order valence-corrected chi connectivity index (χ1v) is 11.0. The number of carbonyl (C=O) groups excluding carboxylic acids is 1. The number of nitrogens with zero attached hydrogens (tertiary/aromatic N) is 2. The molecule has 0 aliphatic heterocycles. The second-order valence-corrected chi connectivity index (χ2v) is 8.71. The van der Waals surface area contributed by atoms with E-state index >= 15 is 0 Å². The molecular weight excluding hydrogens is 396 g/mol. The van der Waals surface area contributed by atoms with E-state index in [1.807, 2.05) is 16.8 Å². The predicted molar refractivity (Wildman–Crippen MR) is 110 cm³/mol. The number of carbonyl (C=O) groups is 1. The Morgan fingerprint density at radius 1 is 1.11 bits per heavy atom. The van der Waals surface area contributed by atoms with Crippen molar-refractivity contribution in [3.8, 4) is 0 Å². The number of aromatic nitrogens is 2. The zero-order chi connectivity index (χ0) is 20.1. The molecule has 0 spiro atoms. The van der Waals surface area contributed by atoms with Gasteiger partial charge >= 0.3 is 0 Å². The van der Waals surface area contributed by atoms with Crippen LogP contribution in [0.15, 0.2) is 52.1 Å². The lowest BCUT2D eigenvalue weighted by Gasteiger charge is -2.10. The fraction of sp³-hybridized carbons (Fsp3) is 0.211. The minimum Gasteiger partial charge on any atom is -0.326 e. The summed E-state index contributed by atoms with van der Waals surface area (Å²) >= 11 is 1.60. The third-order valence-corrected chi connectivity index (χ3v) is 5.98. The quantitative estimate of drug-likeness (QED) is 0.614. The third-order valence-electron chi connectivity index (χ3n) is 3.87. The summed E-state index contributed by atoms with van der Waals surface area (Å²) in [6.07, 6.45) is 1.04. The van der Waals surface area contributed by atoms with Gasteiger partial charge in [0.2, 0.25) is 5.91 Å². The molecule has 2 N–H and O–H groups in total. The van der Waals surface area contributed by atoms with Crippen LogP contribution in [-0.2, 0) is 21.2 Å². The van der Waals surface area contributed by atoms with Gasteiger partial charge in [0.25, 0.3) is 10.0 Å². The average molecular weight is 417 g/mol. The molecule has 3 aromatic rings. The highest BCUT2D eigenvalue weighted by molar-refractivity contribution is 7.92. The van der Waals surface area contributed by atoms with Crippen molar-refractivity contribution in [2.24, 2.45) is 0 Å². The lowest BCUT2D eigenvalue weighted by molar-refractivity contribution is -0.116. The Morgan fingerprint density at radius 3 is 2.50 bits per heavy atom. The van der Waals surface area contributed by atoms with Gasteiger partial charge in [0.05, 0.1) is 4.90 Å². The molecular formula is C19H20N4O3S2. The van der Waals surface area contributed by atoms with Crippen LogP contribution < -0.4 is 10.0 Å². The van der Waals surface area contributed by atoms with Crippen molar-refractivity contribution in [2.45, 2.75) is 31.6 Å². The first kappa shape index (κ1) is 20.0. The fourth-order valence-electron chi connectivity index (χ4n) is 2.60. The molecule has 7 nitrogen and oxygen atoms in total. The molecule has 0 radical (unpaired) electrons. The maximum Gasteiger partial charge on any atom is 0.263 e. The minimum atomic E-state index is -3.78. The molecule has 0 fully saturated rings. The highest BCUT2D eigenvalue weighted by Gasteiger charge is 2.15. The molecule has 0 saturated heterocycles. The summed E-state index contributed by atoms with van der Waals surface area (Å²) in [5.41, 5.74) is 2.34. The number of amides is 1. The maximum absolute atomic E-state index is 12.5. The molecule has 1 amide bonds. The second kappa shape index (κ2) is 8.49. The highest BCUT2D eigenvalue weighted by atomic mass is 32.2. The first-order valence-electron chi connectivity index (χ1n) is 8.58. The van der Waals surface area contributed by atoms with Gasteiger partial charge in [-0.15, -0.1) is 0 Å². The van der Waals surface area contributed by atoms with Gasteiger partial charge in [0.1, 0.15) is 11.6 Å². The first-order chi connectivity index (χ1) is 13.3. The highest BCUT2D eigenvalue weighted by Crippen LogP contribution is 2.18. The molecule has 0 saturated carbocycles. The Kier molecular flexibility index (Phi) is 6.05. The Labute approximate surface area is 167 Å². The van der Waals surface area contributed by atoms with Crippen molar-refractivity contribution in [2.75, 3.05) is 10.0 Å². The SMILES string of the molecule is Cc1cc(NS(=O)(=O)c2ccc(NC(=O)CCc3ccsc3)cc2)nc(C)n1. The van der Waals surface area contributed by atoms with E-state index in [-0.39, 0.29) is 16.6 Å². The molecule has 9 heteroatoms. The Morgan fingerprint density at radius 2 is 1.86 bits per heavy atom. The second-order valence-electron chi connectivity index (χ2n) is 6.25. The van der Waals surface area contributed by atoms with Crippen LogP contribution in [0.1, 0.15) is 23.5 Å². The Hall–Kier alpha value is -2.78. The number of anilines is 2. The summed E-state index contributed by atoms with van der Waals surface area (Å²) < 4.78 is 27.5. The van der Waals surface area contributed by atoms with Crippen LogP contribution in [0.3, 0.4) is 0 Å². The zero-order valence-electron chi connectivity index (χ0n) is 15.5. The number of benzene rings is 1. The van der Waals surface area contributed by atoms with E-state index in [0.29, 0.717) is 30.0 Å². The van der Waals surface area contributed by atoms with Crippen molar-refractivity contribution < 1.29 is 13.2 Å². The Bertz CT molecular complexity index is 1040. The smallest absolute Gasteiger partial charge is 0.263 e. The number of hydrogen-bond donors (Lipinski definition) is 2. The molecule has 0 atom stereocenters. The van der Waals surface area contributed by atoms with Crippen LogP contribution in [0.25, 0.3) is 0 Å². The predicted octanol–water partition coefficient (Wildman–Crippen LogP) is 3.53. The largest absolute Gasteiger partial charge is 0.326 e. The van der Waals surface area contributed by atoms with E-state index in [2.05, 4.69) is 20.0 Å². The molecule has 2 heterocycles. The van der Waals surface area contributed by atoms with Crippen LogP contribution in [-0.4, -0.2) is 24.3 Å². The van der Waals surface area contributed by atoms with Gasteiger partial charge in [0, 0.05) is 23.9 Å². The standard InChI is InChI=1S/C19H20N4O3S2/c1-13-11-18(21-14(2)20-13)23-28(25,26)17-6-4-16(5-7-17)22-19(24)8-3-15-9-10-27-12-15/h4-7,9-12H,3,8H2,1-2H3,(H,22,24)(H,20,21,23). The van der Waals surface area contributed by atoms with Gasteiger partial charge in [0.15, 0.2) is 0 Å². The lowest BCUT2D eigenvalue weighted by atomic mass is 10.2. The van der Waals surface area contributed by atoms with Crippen molar-refractivity contribution >= 4 is 38.8 Å². The van der Waals surface area contributed by atoms with Gasteiger partial charge in [-0.2, -0.15) is 11.3 Å². The van der Waals surface area contributed by atoms with Gasteiger partial charge < -0.3 is 5.32 Å². The Balaban J connectivity index is 1.63. The summed E-state index contributed by atoms with van der Waals surface area (Å²) in [5.74, 6) is 0.584. The summed E-state index contributed by atoms with van der Waals surface area (Å²) in [6, 6.07) is 9.56. The molecule has 0 aliphatic rings. The monoisotopic (exact) mass is 416 g/mol. The topological polar surface area (TPSA) is 101 Å². The number of hydrogen-bond acceptors (Lipinski definition) is 6. The van der Waals surface area contributed by atoms with Crippen LogP contribution in [0.4, 0.5) is 11.5 Å². The van der Waals surface area contributed by atoms with E-state index in [1.54, 1.807) is 43.4 Å². The third kappa shape index (κ3) is 5.37. The fourth-order valence-corrected chi connectivity index (χ4v) is 4.29. The summed E-state index contributed by atoms with van der Waals surface area (Å²) in [7, 11) is -3.78. The molecule has 0 unspecified atom stereocenters. The molecule has 0 bridgehead atoms. The molecule has 146 valence electrons. The molecule has 0 aliphatic carbocycles. The maximum atomic E-state index is 12.5. The van der Waals surface area contributed by atoms with E-state index in [0.717, 1.165) is 5.56 Å². The molecule has 3 rings (SSSR count). The number of thiophene rings is 1.